The second-order valence-corrected chi connectivity index (χ2v) is 6.91. The summed E-state index contributed by atoms with van der Waals surface area (Å²) in [6.45, 7) is 1.65. The molecule has 2 unspecified atom stereocenters. The number of aryl methyl sites for hydroxylation is 1. The molecule has 8 heteroatoms. The lowest BCUT2D eigenvalue weighted by atomic mass is 9.90. The van der Waals surface area contributed by atoms with E-state index in [9.17, 15) is 14.4 Å². The summed E-state index contributed by atoms with van der Waals surface area (Å²) in [5.41, 5.74) is 6.07. The van der Waals surface area contributed by atoms with Crippen LogP contribution in [0.3, 0.4) is 0 Å². The van der Waals surface area contributed by atoms with Crippen molar-refractivity contribution >= 4 is 23.4 Å². The molecule has 142 valence electrons. The molecule has 0 aliphatic heterocycles. The molecule has 3 rings (SSSR count). The lowest BCUT2D eigenvalue weighted by molar-refractivity contribution is -0.128. The van der Waals surface area contributed by atoms with Gasteiger partial charge in [0.15, 0.2) is 6.10 Å². The number of carbonyl (C=O) groups is 2. The fourth-order valence-electron chi connectivity index (χ4n) is 3.13. The Labute approximate surface area is 160 Å². The molecule has 0 radical (unpaired) electrons. The molecule has 2 aromatic rings. The summed E-state index contributed by atoms with van der Waals surface area (Å²) < 4.78 is 5.64. The van der Waals surface area contributed by atoms with Crippen LogP contribution in [0.4, 0.5) is 0 Å². The van der Waals surface area contributed by atoms with E-state index in [0.717, 1.165) is 6.42 Å². The summed E-state index contributed by atoms with van der Waals surface area (Å²) in [5.74, 6) is -0.560. The Balaban J connectivity index is 1.75. The van der Waals surface area contributed by atoms with Gasteiger partial charge in [-0.25, -0.2) is 0 Å². The maximum atomic E-state index is 12.6. The lowest BCUT2D eigenvalue weighted by Crippen LogP contribution is -2.40. The first kappa shape index (κ1) is 19.0. The predicted molar refractivity (Wildman–Crippen MR) is 101 cm³/mol. The van der Waals surface area contributed by atoms with Crippen LogP contribution in [-0.2, 0) is 11.2 Å². The third kappa shape index (κ3) is 4.31. The van der Waals surface area contributed by atoms with Crippen LogP contribution < -0.4 is 21.3 Å². The number of hydrogen-bond donors (Lipinski definition) is 3. The number of amides is 2. The molecular formula is C19H20ClN3O4. The van der Waals surface area contributed by atoms with E-state index in [4.69, 9.17) is 22.1 Å². The Morgan fingerprint density at radius 1 is 1.33 bits per heavy atom. The van der Waals surface area contributed by atoms with Crippen LogP contribution in [0.2, 0.25) is 5.02 Å². The molecule has 0 saturated heterocycles. The van der Waals surface area contributed by atoms with Gasteiger partial charge in [0.1, 0.15) is 11.3 Å². The number of benzene rings is 1. The Bertz CT molecular complexity index is 924. The van der Waals surface area contributed by atoms with Gasteiger partial charge in [0.05, 0.1) is 6.04 Å². The topological polar surface area (TPSA) is 114 Å². The van der Waals surface area contributed by atoms with Crippen LogP contribution in [0.5, 0.6) is 5.75 Å². The second-order valence-electron chi connectivity index (χ2n) is 6.48. The Morgan fingerprint density at radius 3 is 2.70 bits per heavy atom. The summed E-state index contributed by atoms with van der Waals surface area (Å²) in [6.07, 6.45) is 1.44. The van der Waals surface area contributed by atoms with Gasteiger partial charge < -0.3 is 20.8 Å². The summed E-state index contributed by atoms with van der Waals surface area (Å²) >= 11 is 5.84. The lowest BCUT2D eigenvalue weighted by Gasteiger charge is -2.27. The molecule has 27 heavy (non-hydrogen) atoms. The molecule has 0 saturated carbocycles. The third-order valence-corrected chi connectivity index (χ3v) is 4.78. The highest BCUT2D eigenvalue weighted by Gasteiger charge is 2.26. The van der Waals surface area contributed by atoms with Gasteiger partial charge in [0.25, 0.3) is 17.4 Å². The van der Waals surface area contributed by atoms with Crippen LogP contribution in [0, 0.1) is 0 Å². The van der Waals surface area contributed by atoms with E-state index < -0.39 is 17.6 Å². The maximum absolute atomic E-state index is 12.6. The van der Waals surface area contributed by atoms with Crippen molar-refractivity contribution in [2.75, 3.05) is 0 Å². The quantitative estimate of drug-likeness (QED) is 0.726. The first-order chi connectivity index (χ1) is 12.8. The van der Waals surface area contributed by atoms with E-state index in [2.05, 4.69) is 10.3 Å². The van der Waals surface area contributed by atoms with Gasteiger partial charge in [-0.2, -0.15) is 0 Å². The van der Waals surface area contributed by atoms with Crippen molar-refractivity contribution in [2.45, 2.75) is 38.3 Å². The maximum Gasteiger partial charge on any atom is 0.261 e. The van der Waals surface area contributed by atoms with E-state index in [0.29, 0.717) is 34.9 Å². The van der Waals surface area contributed by atoms with Crippen LogP contribution in [0.25, 0.3) is 0 Å². The van der Waals surface area contributed by atoms with Gasteiger partial charge in [-0.15, -0.1) is 0 Å². The highest BCUT2D eigenvalue weighted by Crippen LogP contribution is 2.28. The van der Waals surface area contributed by atoms with Gasteiger partial charge in [-0.05, 0) is 62.1 Å². The zero-order valence-corrected chi connectivity index (χ0v) is 15.5. The molecule has 2 amide bonds. The average Bonchev–Trinajstić information content (AvgIpc) is 2.63. The van der Waals surface area contributed by atoms with Gasteiger partial charge in [-0.3, -0.25) is 14.4 Å². The number of rotatable bonds is 5. The molecule has 7 nitrogen and oxygen atoms in total. The van der Waals surface area contributed by atoms with E-state index in [1.165, 1.54) is 6.07 Å². The Morgan fingerprint density at radius 2 is 2.04 bits per heavy atom. The number of aromatic nitrogens is 1. The van der Waals surface area contributed by atoms with E-state index in [-0.39, 0.29) is 17.5 Å². The van der Waals surface area contributed by atoms with Crippen molar-refractivity contribution in [3.8, 4) is 5.75 Å². The number of nitrogens with one attached hydrogen (secondary N) is 2. The fraction of sp³-hybridized carbons (Fsp3) is 0.316. The fourth-order valence-corrected chi connectivity index (χ4v) is 3.26. The van der Waals surface area contributed by atoms with Gasteiger partial charge >= 0.3 is 0 Å². The van der Waals surface area contributed by atoms with Crippen molar-refractivity contribution in [1.82, 2.24) is 10.3 Å². The number of ether oxygens (including phenoxy) is 1. The molecule has 1 aliphatic rings. The van der Waals surface area contributed by atoms with Crippen LogP contribution in [-0.4, -0.2) is 22.9 Å². The molecule has 1 heterocycles. The van der Waals surface area contributed by atoms with E-state index in [1.54, 1.807) is 31.2 Å². The first-order valence-corrected chi connectivity index (χ1v) is 9.01. The minimum atomic E-state index is -0.797. The minimum Gasteiger partial charge on any atom is -0.481 e. The van der Waals surface area contributed by atoms with E-state index in [1.807, 2.05) is 0 Å². The zero-order valence-electron chi connectivity index (χ0n) is 14.8. The summed E-state index contributed by atoms with van der Waals surface area (Å²) in [7, 11) is 0. The summed E-state index contributed by atoms with van der Waals surface area (Å²) in [6, 6.07) is 7.89. The second kappa shape index (κ2) is 7.84. The number of halogens is 1. The molecule has 4 N–H and O–H groups in total. The Kier molecular flexibility index (Phi) is 5.51. The van der Waals surface area contributed by atoms with Crippen molar-refractivity contribution in [3.63, 3.8) is 0 Å². The summed E-state index contributed by atoms with van der Waals surface area (Å²) in [5, 5.41) is 3.51. The predicted octanol–water partition coefficient (Wildman–Crippen LogP) is 2.09. The Hall–Kier alpha value is -2.80. The highest BCUT2D eigenvalue weighted by molar-refractivity contribution is 6.30. The van der Waals surface area contributed by atoms with E-state index >= 15 is 0 Å². The highest BCUT2D eigenvalue weighted by atomic mass is 35.5. The monoisotopic (exact) mass is 389 g/mol. The normalized spacial score (nSPS) is 16.9. The van der Waals surface area contributed by atoms with Crippen molar-refractivity contribution in [3.05, 3.63) is 62.5 Å². The number of aromatic amines is 1. The minimum absolute atomic E-state index is 0.111. The number of pyridine rings is 1. The van der Waals surface area contributed by atoms with Gasteiger partial charge in [-0.1, -0.05) is 11.6 Å². The molecular weight excluding hydrogens is 370 g/mol. The number of carbonyl (C=O) groups excluding carboxylic acids is 2. The summed E-state index contributed by atoms with van der Waals surface area (Å²) in [4.78, 5) is 38.6. The standard InChI is InChI=1S/C19H20ClN3O4/c1-10(27-12-7-5-11(20)6-8-12)18(25)22-15-3-2-4-16-13(15)9-14(17(21)24)19(26)23-16/h5-10,15H,2-4H2,1H3,(H2,21,24)(H,22,25)(H,23,26). The SMILES string of the molecule is CC(Oc1ccc(Cl)cc1)C(=O)NC1CCCc2[nH]c(=O)c(C(N)=O)cc21. The van der Waals surface area contributed by atoms with Crippen LogP contribution in [0.1, 0.15) is 47.4 Å². The zero-order chi connectivity index (χ0) is 19.6. The average molecular weight is 390 g/mol. The van der Waals surface area contributed by atoms with Gasteiger partial charge in [0, 0.05) is 10.7 Å². The molecule has 0 spiro atoms. The molecule has 2 atom stereocenters. The van der Waals surface area contributed by atoms with Crippen LogP contribution >= 0.6 is 11.6 Å². The number of H-pyrrole nitrogens is 1. The van der Waals surface area contributed by atoms with Gasteiger partial charge in [0.2, 0.25) is 0 Å². The van der Waals surface area contributed by atoms with Crippen molar-refractivity contribution < 1.29 is 14.3 Å². The van der Waals surface area contributed by atoms with Crippen LogP contribution in [0.15, 0.2) is 35.1 Å². The number of hydrogen-bond acceptors (Lipinski definition) is 4. The molecule has 1 aromatic carbocycles. The number of fused-ring (bicyclic) bond motifs is 1. The smallest absolute Gasteiger partial charge is 0.261 e. The first-order valence-electron chi connectivity index (χ1n) is 8.63. The number of primary amides is 1. The third-order valence-electron chi connectivity index (χ3n) is 4.53. The number of nitrogens with two attached hydrogens (primary N) is 1. The molecule has 1 aromatic heterocycles. The molecule has 0 bridgehead atoms. The van der Waals surface area contributed by atoms with Crippen molar-refractivity contribution in [1.29, 1.82) is 0 Å². The molecule has 1 aliphatic carbocycles. The van der Waals surface area contributed by atoms with Crippen molar-refractivity contribution in [2.24, 2.45) is 5.73 Å². The largest absolute Gasteiger partial charge is 0.481 e. The molecule has 0 fully saturated rings.